The van der Waals surface area contributed by atoms with Crippen LogP contribution in [0.5, 0.6) is 0 Å². The monoisotopic (exact) mass is 243 g/mol. The number of amides is 1. The van der Waals surface area contributed by atoms with E-state index in [0.29, 0.717) is 6.42 Å². The molecule has 2 fully saturated rings. The van der Waals surface area contributed by atoms with Gasteiger partial charge in [-0.25, -0.2) is 4.79 Å². The van der Waals surface area contributed by atoms with Crippen LogP contribution in [0, 0.1) is 0 Å². The van der Waals surface area contributed by atoms with Gasteiger partial charge in [-0.05, 0) is 31.4 Å². The molecule has 1 amide bonds. The average molecular weight is 243 g/mol. The third-order valence-corrected chi connectivity index (χ3v) is 5.04. The molecule has 2 aliphatic rings. The summed E-state index contributed by atoms with van der Waals surface area (Å²) in [5.41, 5.74) is -0.966. The number of nitrogens with zero attached hydrogens (tertiary/aromatic N) is 1. The molecule has 0 spiro atoms. The maximum atomic E-state index is 11.6. The van der Waals surface area contributed by atoms with Crippen molar-refractivity contribution in [1.82, 2.24) is 4.90 Å². The zero-order chi connectivity index (χ0) is 11.8. The Labute approximate surface area is 99.4 Å². The van der Waals surface area contributed by atoms with E-state index < -0.39 is 11.5 Å². The third kappa shape index (κ3) is 1.71. The lowest BCUT2D eigenvalue weighted by atomic mass is 9.87. The largest absolute Gasteiger partial charge is 0.479 e. The highest BCUT2D eigenvalue weighted by Crippen LogP contribution is 2.43. The Morgan fingerprint density at radius 3 is 2.69 bits per heavy atom. The molecule has 1 saturated carbocycles. The van der Waals surface area contributed by atoms with Crippen molar-refractivity contribution in [2.24, 2.45) is 0 Å². The standard InChI is InChI=1S/C11H17NO3S/c1-8-11(10(14)15,5-2-6-16-8)12(7-13)9-3-4-9/h7-9H,2-6H2,1H3,(H,14,15). The van der Waals surface area contributed by atoms with Gasteiger partial charge in [0.05, 0.1) is 0 Å². The van der Waals surface area contributed by atoms with Gasteiger partial charge in [0.15, 0.2) is 5.54 Å². The van der Waals surface area contributed by atoms with Gasteiger partial charge in [-0.2, -0.15) is 11.8 Å². The van der Waals surface area contributed by atoms with Crippen LogP contribution in [0.3, 0.4) is 0 Å². The molecule has 5 heteroatoms. The molecule has 0 aromatic heterocycles. The van der Waals surface area contributed by atoms with E-state index in [-0.39, 0.29) is 11.3 Å². The predicted octanol–water partition coefficient (Wildman–Crippen LogP) is 1.35. The van der Waals surface area contributed by atoms with Crippen LogP contribution in [0.1, 0.15) is 32.6 Å². The first-order valence-electron chi connectivity index (χ1n) is 5.71. The summed E-state index contributed by atoms with van der Waals surface area (Å²) in [7, 11) is 0. The van der Waals surface area contributed by atoms with E-state index in [0.717, 1.165) is 31.4 Å². The molecule has 2 rings (SSSR count). The lowest BCUT2D eigenvalue weighted by molar-refractivity contribution is -0.156. The normalized spacial score (nSPS) is 34.4. The lowest BCUT2D eigenvalue weighted by Crippen LogP contribution is -2.62. The molecule has 0 bridgehead atoms. The minimum atomic E-state index is -0.966. The Balaban J connectivity index is 2.31. The Morgan fingerprint density at radius 2 is 2.25 bits per heavy atom. The Bertz CT molecular complexity index is 306. The number of carboxylic acids is 1. The van der Waals surface area contributed by atoms with E-state index in [1.54, 1.807) is 16.7 Å². The van der Waals surface area contributed by atoms with E-state index in [9.17, 15) is 14.7 Å². The summed E-state index contributed by atoms with van der Waals surface area (Å²) in [4.78, 5) is 24.4. The van der Waals surface area contributed by atoms with Crippen molar-refractivity contribution in [3.05, 3.63) is 0 Å². The van der Waals surface area contributed by atoms with E-state index in [4.69, 9.17) is 0 Å². The van der Waals surface area contributed by atoms with Gasteiger partial charge in [0.2, 0.25) is 6.41 Å². The van der Waals surface area contributed by atoms with Crippen LogP contribution in [-0.4, -0.2) is 45.0 Å². The highest BCUT2D eigenvalue weighted by Gasteiger charge is 2.54. The molecule has 0 aromatic carbocycles. The predicted molar refractivity (Wildman–Crippen MR) is 62.4 cm³/mol. The summed E-state index contributed by atoms with van der Waals surface area (Å²) in [6, 6.07) is 0.162. The van der Waals surface area contributed by atoms with Gasteiger partial charge in [-0.15, -0.1) is 0 Å². The van der Waals surface area contributed by atoms with Crippen LogP contribution in [-0.2, 0) is 9.59 Å². The first-order chi connectivity index (χ1) is 7.63. The minimum absolute atomic E-state index is 0.0236. The molecule has 2 unspecified atom stereocenters. The number of hydrogen-bond donors (Lipinski definition) is 1. The molecular weight excluding hydrogens is 226 g/mol. The molecule has 1 heterocycles. The van der Waals surface area contributed by atoms with E-state index in [1.807, 2.05) is 6.92 Å². The molecule has 1 aliphatic carbocycles. The van der Waals surface area contributed by atoms with Gasteiger partial charge in [0, 0.05) is 11.3 Å². The number of aliphatic carboxylic acids is 1. The highest BCUT2D eigenvalue weighted by molar-refractivity contribution is 8.00. The maximum absolute atomic E-state index is 11.6. The molecule has 90 valence electrons. The zero-order valence-corrected chi connectivity index (χ0v) is 10.2. The number of thioether (sulfide) groups is 1. The van der Waals surface area contributed by atoms with Gasteiger partial charge in [-0.3, -0.25) is 4.79 Å². The van der Waals surface area contributed by atoms with Gasteiger partial charge < -0.3 is 10.0 Å². The fourth-order valence-corrected chi connectivity index (χ4v) is 3.81. The Kier molecular flexibility index (Phi) is 3.15. The molecular formula is C11H17NO3S. The molecule has 4 nitrogen and oxygen atoms in total. The van der Waals surface area contributed by atoms with Crippen LogP contribution in [0.25, 0.3) is 0 Å². The van der Waals surface area contributed by atoms with E-state index in [1.165, 1.54) is 0 Å². The molecule has 1 N–H and O–H groups in total. The Morgan fingerprint density at radius 1 is 1.56 bits per heavy atom. The number of carboxylic acid groups (broad SMARTS) is 1. The van der Waals surface area contributed by atoms with Crippen LogP contribution < -0.4 is 0 Å². The summed E-state index contributed by atoms with van der Waals surface area (Å²) in [5.74, 6) is 0.152. The number of hydrogen-bond acceptors (Lipinski definition) is 3. The topological polar surface area (TPSA) is 57.6 Å². The van der Waals surface area contributed by atoms with Crippen LogP contribution in [0.4, 0.5) is 0 Å². The second-order valence-corrected chi connectivity index (χ2v) is 6.04. The van der Waals surface area contributed by atoms with Gasteiger partial charge in [0.1, 0.15) is 0 Å². The highest BCUT2D eigenvalue weighted by atomic mass is 32.2. The van der Waals surface area contributed by atoms with E-state index >= 15 is 0 Å². The smallest absolute Gasteiger partial charge is 0.330 e. The summed E-state index contributed by atoms with van der Waals surface area (Å²) in [6.45, 7) is 1.93. The first kappa shape index (κ1) is 11.8. The second kappa shape index (κ2) is 4.28. The van der Waals surface area contributed by atoms with Crippen molar-refractivity contribution in [1.29, 1.82) is 0 Å². The molecule has 0 aromatic rings. The zero-order valence-electron chi connectivity index (χ0n) is 9.39. The van der Waals surface area contributed by atoms with Crippen LogP contribution in [0.15, 0.2) is 0 Å². The second-order valence-electron chi connectivity index (χ2n) is 4.59. The summed E-state index contributed by atoms with van der Waals surface area (Å²) in [6.07, 6.45) is 4.11. The van der Waals surface area contributed by atoms with Gasteiger partial charge in [-0.1, -0.05) is 6.92 Å². The molecule has 16 heavy (non-hydrogen) atoms. The third-order valence-electron chi connectivity index (χ3n) is 3.63. The Hall–Kier alpha value is -0.710. The van der Waals surface area contributed by atoms with Crippen molar-refractivity contribution in [2.45, 2.75) is 49.4 Å². The van der Waals surface area contributed by atoms with Crippen molar-refractivity contribution in [2.75, 3.05) is 5.75 Å². The quantitative estimate of drug-likeness (QED) is 0.757. The average Bonchev–Trinajstić information content (AvgIpc) is 3.05. The van der Waals surface area contributed by atoms with Crippen molar-refractivity contribution in [3.8, 4) is 0 Å². The summed E-state index contributed by atoms with van der Waals surface area (Å²) in [5, 5.41) is 9.50. The fourth-order valence-electron chi connectivity index (χ4n) is 2.53. The maximum Gasteiger partial charge on any atom is 0.330 e. The summed E-state index contributed by atoms with van der Waals surface area (Å²) >= 11 is 1.66. The molecule has 0 radical (unpaired) electrons. The van der Waals surface area contributed by atoms with Gasteiger partial charge >= 0.3 is 5.97 Å². The van der Waals surface area contributed by atoms with Crippen molar-refractivity contribution < 1.29 is 14.7 Å². The van der Waals surface area contributed by atoms with Gasteiger partial charge in [0.25, 0.3) is 0 Å². The summed E-state index contributed by atoms with van der Waals surface area (Å²) < 4.78 is 0. The van der Waals surface area contributed by atoms with E-state index in [2.05, 4.69) is 0 Å². The van der Waals surface area contributed by atoms with Crippen molar-refractivity contribution in [3.63, 3.8) is 0 Å². The fraction of sp³-hybridized carbons (Fsp3) is 0.818. The number of rotatable bonds is 4. The first-order valence-corrected chi connectivity index (χ1v) is 6.76. The van der Waals surface area contributed by atoms with Crippen LogP contribution in [0.2, 0.25) is 0 Å². The number of carbonyl (C=O) groups excluding carboxylic acids is 1. The molecule has 1 aliphatic heterocycles. The minimum Gasteiger partial charge on any atom is -0.479 e. The molecule has 1 saturated heterocycles. The van der Waals surface area contributed by atoms with Crippen molar-refractivity contribution >= 4 is 24.1 Å². The molecule has 2 atom stereocenters. The van der Waals surface area contributed by atoms with Crippen LogP contribution >= 0.6 is 11.8 Å². The lowest BCUT2D eigenvalue weighted by Gasteiger charge is -2.45. The number of carbonyl (C=O) groups is 2. The SMILES string of the molecule is CC1SCCCC1(C(=O)O)N(C=O)C1CC1.